The third-order valence-corrected chi connectivity index (χ3v) is 8.55. The van der Waals surface area contributed by atoms with Crippen molar-refractivity contribution < 1.29 is 22.8 Å². The average molecular weight is 546 g/mol. The number of anilines is 1. The lowest BCUT2D eigenvalue weighted by Crippen LogP contribution is -2.33. The molecule has 0 saturated carbocycles. The summed E-state index contributed by atoms with van der Waals surface area (Å²) in [6, 6.07) is 21.6. The summed E-state index contributed by atoms with van der Waals surface area (Å²) in [6.45, 7) is -0.243. The van der Waals surface area contributed by atoms with Gasteiger partial charge in [0.25, 0.3) is 17.7 Å². The summed E-state index contributed by atoms with van der Waals surface area (Å²) in [5.41, 5.74) is 1.38. The molecule has 0 saturated heterocycles. The van der Waals surface area contributed by atoms with Gasteiger partial charge in [0.1, 0.15) is 5.25 Å². The highest BCUT2D eigenvalue weighted by Gasteiger charge is 2.36. The van der Waals surface area contributed by atoms with Gasteiger partial charge < -0.3 is 5.32 Å². The first-order valence-electron chi connectivity index (χ1n) is 11.5. The lowest BCUT2D eigenvalue weighted by atomic mass is 10.1. The predicted octanol–water partition coefficient (Wildman–Crippen LogP) is 4.48. The Morgan fingerprint density at radius 3 is 2.21 bits per heavy atom. The van der Waals surface area contributed by atoms with Gasteiger partial charge in [-0.15, -0.1) is 0 Å². The van der Waals surface area contributed by atoms with Crippen LogP contribution in [0.5, 0.6) is 0 Å². The van der Waals surface area contributed by atoms with Crippen molar-refractivity contribution in [2.45, 2.75) is 10.1 Å². The number of pyridine rings is 1. The first-order chi connectivity index (χ1) is 18.3. The number of rotatable bonds is 7. The van der Waals surface area contributed by atoms with Crippen molar-refractivity contribution in [1.29, 1.82) is 0 Å². The molecule has 8 nitrogen and oxygen atoms in total. The molecule has 0 radical (unpaired) electrons. The number of aromatic nitrogens is 1. The second-order valence-electron chi connectivity index (χ2n) is 8.53. The van der Waals surface area contributed by atoms with E-state index in [-0.39, 0.29) is 22.7 Å². The quantitative estimate of drug-likeness (QED) is 0.343. The van der Waals surface area contributed by atoms with Crippen LogP contribution >= 0.6 is 11.6 Å². The summed E-state index contributed by atoms with van der Waals surface area (Å²) in [4.78, 5) is 43.9. The zero-order chi connectivity index (χ0) is 26.9. The van der Waals surface area contributed by atoms with Crippen LogP contribution in [-0.2, 0) is 9.84 Å². The number of nitrogens with one attached hydrogen (secondary N) is 1. The van der Waals surface area contributed by atoms with Crippen molar-refractivity contribution in [3.8, 4) is 0 Å². The van der Waals surface area contributed by atoms with Gasteiger partial charge in [0.2, 0.25) is 0 Å². The molecule has 10 heteroatoms. The zero-order valence-corrected chi connectivity index (χ0v) is 21.3. The molecule has 0 bridgehead atoms. The van der Waals surface area contributed by atoms with E-state index in [4.69, 9.17) is 11.6 Å². The molecule has 0 fully saturated rings. The number of sulfone groups is 1. The van der Waals surface area contributed by atoms with E-state index in [1.165, 1.54) is 48.8 Å². The van der Waals surface area contributed by atoms with E-state index in [2.05, 4.69) is 10.3 Å². The number of imide groups is 1. The topological polar surface area (TPSA) is 114 Å². The van der Waals surface area contributed by atoms with Crippen LogP contribution in [0.4, 0.5) is 5.69 Å². The third kappa shape index (κ3) is 4.69. The third-order valence-electron chi connectivity index (χ3n) is 6.18. The number of halogens is 1. The van der Waals surface area contributed by atoms with Crippen LogP contribution in [0.25, 0.3) is 0 Å². The Balaban J connectivity index is 1.39. The number of amides is 3. The number of hydrogen-bond donors (Lipinski definition) is 1. The molecule has 1 aliphatic heterocycles. The fourth-order valence-electron chi connectivity index (χ4n) is 4.26. The molecule has 4 aromatic rings. The van der Waals surface area contributed by atoms with Crippen molar-refractivity contribution in [2.24, 2.45) is 0 Å². The Morgan fingerprint density at radius 2 is 1.58 bits per heavy atom. The molecule has 1 atom stereocenters. The summed E-state index contributed by atoms with van der Waals surface area (Å²) in [7, 11) is -3.93. The van der Waals surface area contributed by atoms with Crippen LogP contribution in [0, 0.1) is 0 Å². The lowest BCUT2D eigenvalue weighted by molar-refractivity contribution is 0.0919. The van der Waals surface area contributed by atoms with Crippen molar-refractivity contribution in [2.75, 3.05) is 11.4 Å². The number of fused-ring (bicyclic) bond motifs is 1. The number of carbonyl (C=O) groups is 3. The first-order valence-corrected chi connectivity index (χ1v) is 13.5. The Kier molecular flexibility index (Phi) is 6.79. The van der Waals surface area contributed by atoms with E-state index in [1.54, 1.807) is 48.5 Å². The molecule has 0 aliphatic carbocycles. The molecule has 3 aromatic carbocycles. The summed E-state index contributed by atoms with van der Waals surface area (Å²) < 4.78 is 27.0. The molecular weight excluding hydrogens is 526 g/mol. The van der Waals surface area contributed by atoms with Crippen LogP contribution < -0.4 is 10.2 Å². The van der Waals surface area contributed by atoms with E-state index in [0.29, 0.717) is 21.7 Å². The van der Waals surface area contributed by atoms with E-state index < -0.39 is 32.8 Å². The number of nitrogens with zero attached hydrogens (tertiary/aromatic N) is 2. The normalized spacial score (nSPS) is 13.8. The standard InChI is InChI=1S/C28H20ClN3O5S/c29-20-10-12-22(13-11-20)38(36,37)25(19-6-4-14-30-16-19)17-31-26(33)18-5-3-7-21(15-18)32-27(34)23-8-1-2-9-24(23)28(32)35/h1-16,25H,17H2,(H,31,33). The van der Waals surface area contributed by atoms with Crippen LogP contribution in [0.1, 0.15) is 41.9 Å². The van der Waals surface area contributed by atoms with E-state index in [0.717, 1.165) is 4.90 Å². The molecule has 1 unspecified atom stereocenters. The monoisotopic (exact) mass is 545 g/mol. The van der Waals surface area contributed by atoms with Gasteiger partial charge in [-0.1, -0.05) is 35.9 Å². The molecule has 1 aliphatic rings. The molecule has 2 heterocycles. The summed E-state index contributed by atoms with van der Waals surface area (Å²) in [6.07, 6.45) is 2.96. The fraction of sp³-hybridized carbons (Fsp3) is 0.0714. The van der Waals surface area contributed by atoms with Crippen LogP contribution in [0.2, 0.25) is 5.02 Å². The van der Waals surface area contributed by atoms with Crippen LogP contribution in [0.3, 0.4) is 0 Å². The van der Waals surface area contributed by atoms with Gasteiger partial charge in [0, 0.05) is 29.5 Å². The summed E-state index contributed by atoms with van der Waals surface area (Å²) in [5, 5.41) is 1.95. The minimum Gasteiger partial charge on any atom is -0.350 e. The second kappa shape index (κ2) is 10.2. The number of carbonyl (C=O) groups excluding carboxylic acids is 3. The molecule has 190 valence electrons. The second-order valence-corrected chi connectivity index (χ2v) is 11.1. The van der Waals surface area contributed by atoms with Crippen molar-refractivity contribution >= 4 is 44.8 Å². The van der Waals surface area contributed by atoms with Gasteiger partial charge in [-0.3, -0.25) is 19.4 Å². The molecule has 1 N–H and O–H groups in total. The van der Waals surface area contributed by atoms with Gasteiger partial charge in [-0.25, -0.2) is 13.3 Å². The highest BCUT2D eigenvalue weighted by Crippen LogP contribution is 2.30. The smallest absolute Gasteiger partial charge is 0.266 e. The SMILES string of the molecule is O=C(NCC(c1cccnc1)S(=O)(=O)c1ccc(Cl)cc1)c1cccc(N2C(=O)c3ccccc3C2=O)c1. The maximum absolute atomic E-state index is 13.5. The van der Waals surface area contributed by atoms with E-state index >= 15 is 0 Å². The molecule has 38 heavy (non-hydrogen) atoms. The van der Waals surface area contributed by atoms with Gasteiger partial charge >= 0.3 is 0 Å². The largest absolute Gasteiger partial charge is 0.350 e. The highest BCUT2D eigenvalue weighted by atomic mass is 35.5. The maximum atomic E-state index is 13.5. The molecule has 1 aromatic heterocycles. The Hall–Kier alpha value is -4.34. The van der Waals surface area contributed by atoms with E-state index in [1.807, 2.05) is 0 Å². The Labute approximate surface area is 223 Å². The highest BCUT2D eigenvalue weighted by molar-refractivity contribution is 7.91. The van der Waals surface area contributed by atoms with Crippen molar-refractivity contribution in [1.82, 2.24) is 10.3 Å². The molecule has 0 spiro atoms. The van der Waals surface area contributed by atoms with Gasteiger partial charge in [0.15, 0.2) is 9.84 Å². The van der Waals surface area contributed by atoms with Gasteiger partial charge in [-0.05, 0) is 66.2 Å². The van der Waals surface area contributed by atoms with Crippen LogP contribution in [0.15, 0.2) is 102 Å². The van der Waals surface area contributed by atoms with Gasteiger partial charge in [0.05, 0.1) is 21.7 Å². The lowest BCUT2D eigenvalue weighted by Gasteiger charge is -2.19. The van der Waals surface area contributed by atoms with Crippen molar-refractivity contribution in [3.63, 3.8) is 0 Å². The van der Waals surface area contributed by atoms with Crippen molar-refractivity contribution in [3.05, 3.63) is 125 Å². The minimum atomic E-state index is -3.93. The maximum Gasteiger partial charge on any atom is 0.266 e. The zero-order valence-electron chi connectivity index (χ0n) is 19.7. The molecular formula is C28H20ClN3O5S. The fourth-order valence-corrected chi connectivity index (χ4v) is 6.03. The number of hydrogen-bond acceptors (Lipinski definition) is 6. The van der Waals surface area contributed by atoms with Gasteiger partial charge in [-0.2, -0.15) is 0 Å². The summed E-state index contributed by atoms with van der Waals surface area (Å²) >= 11 is 5.93. The molecule has 3 amide bonds. The minimum absolute atomic E-state index is 0.0534. The average Bonchev–Trinajstić information content (AvgIpc) is 3.19. The predicted molar refractivity (Wildman–Crippen MR) is 142 cm³/mol. The summed E-state index contributed by atoms with van der Waals surface area (Å²) in [5.74, 6) is -1.52. The Bertz CT molecular complexity index is 1620. The molecule has 5 rings (SSSR count). The number of benzene rings is 3. The first kappa shape index (κ1) is 25.3. The van der Waals surface area contributed by atoms with E-state index in [9.17, 15) is 22.8 Å². The van der Waals surface area contributed by atoms with Crippen LogP contribution in [-0.4, -0.2) is 37.7 Å². The Morgan fingerprint density at radius 1 is 0.895 bits per heavy atom.